The summed E-state index contributed by atoms with van der Waals surface area (Å²) in [6.45, 7) is 0.0137. The molecule has 0 aliphatic carbocycles. The molecule has 0 aromatic rings. The molecule has 0 aromatic carbocycles. The summed E-state index contributed by atoms with van der Waals surface area (Å²) < 4.78 is 0. The molecule has 1 heterocycles. The number of carbonyl (C=O) groups excluding carboxylic acids is 3. The Morgan fingerprint density at radius 3 is 2.50 bits per heavy atom. The van der Waals surface area contributed by atoms with E-state index in [0.717, 1.165) is 17.1 Å². The van der Waals surface area contributed by atoms with Crippen LogP contribution >= 0.6 is 0 Å². The maximum absolute atomic E-state index is 11.0. The number of carbonyl (C=O) groups is 3. The van der Waals surface area contributed by atoms with Gasteiger partial charge in [0, 0.05) is 25.1 Å². The van der Waals surface area contributed by atoms with Crippen molar-refractivity contribution in [3.63, 3.8) is 0 Å². The van der Waals surface area contributed by atoms with Crippen LogP contribution in [0.3, 0.4) is 0 Å². The highest BCUT2D eigenvalue weighted by Gasteiger charge is 2.23. The summed E-state index contributed by atoms with van der Waals surface area (Å²) in [5.74, 6) is 3.24. The van der Waals surface area contributed by atoms with Gasteiger partial charge in [0.1, 0.15) is 0 Å². The second-order valence-corrected chi connectivity index (χ2v) is 2.55. The minimum absolute atomic E-state index is 0.0137. The summed E-state index contributed by atoms with van der Waals surface area (Å²) >= 11 is 0. The smallest absolute Gasteiger partial charge is 0.253 e. The molecule has 0 saturated heterocycles. The van der Waals surface area contributed by atoms with Crippen LogP contribution in [0.4, 0.5) is 0 Å². The zero-order chi connectivity index (χ0) is 10.6. The average Bonchev–Trinajstić information content (AvgIpc) is 2.44. The predicted molar refractivity (Wildman–Crippen MR) is 43.9 cm³/mol. The van der Waals surface area contributed by atoms with Gasteiger partial charge in [0.2, 0.25) is 5.91 Å². The van der Waals surface area contributed by atoms with E-state index < -0.39 is 17.7 Å². The van der Waals surface area contributed by atoms with E-state index in [2.05, 4.69) is 10.8 Å². The Morgan fingerprint density at radius 1 is 1.43 bits per heavy atom. The van der Waals surface area contributed by atoms with Crippen molar-refractivity contribution in [2.24, 2.45) is 5.90 Å². The lowest BCUT2D eigenvalue weighted by Gasteiger charge is -2.12. The fourth-order valence-corrected chi connectivity index (χ4v) is 0.982. The maximum Gasteiger partial charge on any atom is 0.253 e. The Labute approximate surface area is 79.4 Å². The number of amides is 3. The zero-order valence-electron chi connectivity index (χ0n) is 7.23. The number of imide groups is 1. The zero-order valence-corrected chi connectivity index (χ0v) is 7.23. The molecular formula is C7H9N3O4. The molecule has 0 radical (unpaired) electrons. The molecular weight excluding hydrogens is 190 g/mol. The second-order valence-electron chi connectivity index (χ2n) is 2.55. The quantitative estimate of drug-likeness (QED) is 0.412. The van der Waals surface area contributed by atoms with Crippen LogP contribution in [0.15, 0.2) is 12.2 Å². The third-order valence-corrected chi connectivity index (χ3v) is 1.64. The van der Waals surface area contributed by atoms with E-state index in [1.54, 1.807) is 0 Å². The second kappa shape index (κ2) is 4.49. The van der Waals surface area contributed by atoms with Crippen molar-refractivity contribution in [2.45, 2.75) is 6.42 Å². The molecule has 3 N–H and O–H groups in total. The van der Waals surface area contributed by atoms with E-state index in [-0.39, 0.29) is 13.0 Å². The molecule has 7 nitrogen and oxygen atoms in total. The standard InChI is InChI=1S/C7H9N3O4/c8-14-9-5(11)3-4-10-6(12)1-2-7(10)13/h1-2H,3-4,8H2,(H,9,11). The predicted octanol–water partition coefficient (Wildman–Crippen LogP) is -1.78. The molecule has 7 heteroatoms. The minimum Gasteiger partial charge on any atom is -0.275 e. The first-order chi connectivity index (χ1) is 6.65. The van der Waals surface area contributed by atoms with Gasteiger partial charge < -0.3 is 0 Å². The van der Waals surface area contributed by atoms with Gasteiger partial charge in [0.05, 0.1) is 0 Å². The van der Waals surface area contributed by atoms with Gasteiger partial charge in [-0.25, -0.2) is 5.48 Å². The Bertz CT molecular complexity index is 281. The van der Waals surface area contributed by atoms with Crippen LogP contribution in [0.25, 0.3) is 0 Å². The normalized spacial score (nSPS) is 15.1. The van der Waals surface area contributed by atoms with Crippen LogP contribution in [-0.2, 0) is 19.3 Å². The first kappa shape index (κ1) is 10.4. The number of nitrogens with two attached hydrogens (primary N) is 1. The van der Waals surface area contributed by atoms with E-state index in [0.29, 0.717) is 0 Å². The molecule has 1 aliphatic rings. The fraction of sp³-hybridized carbons (Fsp3) is 0.286. The average molecular weight is 199 g/mol. The number of rotatable bonds is 4. The Morgan fingerprint density at radius 2 is 2.00 bits per heavy atom. The third kappa shape index (κ3) is 2.38. The van der Waals surface area contributed by atoms with Crippen molar-refractivity contribution in [3.05, 3.63) is 12.2 Å². The van der Waals surface area contributed by atoms with Crippen LogP contribution < -0.4 is 11.4 Å². The largest absolute Gasteiger partial charge is 0.275 e. The van der Waals surface area contributed by atoms with E-state index in [4.69, 9.17) is 0 Å². The first-order valence-electron chi connectivity index (χ1n) is 3.83. The van der Waals surface area contributed by atoms with Gasteiger partial charge in [-0.2, -0.15) is 10.8 Å². The van der Waals surface area contributed by atoms with E-state index in [9.17, 15) is 14.4 Å². The molecule has 0 unspecified atom stereocenters. The molecule has 0 fully saturated rings. The summed E-state index contributed by atoms with van der Waals surface area (Å²) in [7, 11) is 0. The van der Waals surface area contributed by atoms with E-state index in [1.165, 1.54) is 0 Å². The highest BCUT2D eigenvalue weighted by atomic mass is 16.8. The first-order valence-corrected chi connectivity index (χ1v) is 3.83. The van der Waals surface area contributed by atoms with E-state index in [1.807, 2.05) is 5.48 Å². The number of nitrogens with zero attached hydrogens (tertiary/aromatic N) is 1. The summed E-state index contributed by atoms with van der Waals surface area (Å²) in [6.07, 6.45) is 2.26. The van der Waals surface area contributed by atoms with Crippen molar-refractivity contribution < 1.29 is 19.3 Å². The third-order valence-electron chi connectivity index (χ3n) is 1.64. The van der Waals surface area contributed by atoms with Gasteiger partial charge in [-0.05, 0) is 0 Å². The molecule has 0 spiro atoms. The summed E-state index contributed by atoms with van der Waals surface area (Å²) in [5.41, 5.74) is 1.87. The van der Waals surface area contributed by atoms with Gasteiger partial charge in [0.15, 0.2) is 0 Å². The van der Waals surface area contributed by atoms with Crippen LogP contribution in [0.2, 0.25) is 0 Å². The van der Waals surface area contributed by atoms with Gasteiger partial charge in [-0.3, -0.25) is 19.3 Å². The molecule has 0 aromatic heterocycles. The lowest BCUT2D eigenvalue weighted by molar-refractivity contribution is -0.138. The molecule has 0 atom stereocenters. The molecule has 14 heavy (non-hydrogen) atoms. The number of hydrogen-bond acceptors (Lipinski definition) is 5. The topological polar surface area (TPSA) is 102 Å². The van der Waals surface area contributed by atoms with Crippen molar-refractivity contribution >= 4 is 17.7 Å². The molecule has 76 valence electrons. The van der Waals surface area contributed by atoms with Crippen LogP contribution in [-0.4, -0.2) is 29.2 Å². The van der Waals surface area contributed by atoms with Crippen LogP contribution in [0.1, 0.15) is 6.42 Å². The minimum atomic E-state index is -0.500. The molecule has 0 saturated carbocycles. The van der Waals surface area contributed by atoms with Crippen LogP contribution in [0.5, 0.6) is 0 Å². The Balaban J connectivity index is 2.35. The fourth-order valence-electron chi connectivity index (χ4n) is 0.982. The number of hydroxylamine groups is 1. The number of nitrogens with one attached hydrogen (secondary N) is 1. The maximum atomic E-state index is 11.0. The summed E-state index contributed by atoms with van der Waals surface area (Å²) in [6, 6.07) is 0. The summed E-state index contributed by atoms with van der Waals surface area (Å²) in [4.78, 5) is 37.6. The van der Waals surface area contributed by atoms with Crippen molar-refractivity contribution in [1.82, 2.24) is 10.4 Å². The van der Waals surface area contributed by atoms with Crippen LogP contribution in [0, 0.1) is 0 Å². The summed E-state index contributed by atoms with van der Waals surface area (Å²) in [5, 5.41) is 0. The van der Waals surface area contributed by atoms with Crippen molar-refractivity contribution in [1.29, 1.82) is 0 Å². The molecule has 3 amide bonds. The van der Waals surface area contributed by atoms with Crippen molar-refractivity contribution in [3.8, 4) is 0 Å². The monoisotopic (exact) mass is 199 g/mol. The van der Waals surface area contributed by atoms with Gasteiger partial charge in [-0.15, -0.1) is 0 Å². The highest BCUT2D eigenvalue weighted by Crippen LogP contribution is 2.03. The van der Waals surface area contributed by atoms with Gasteiger partial charge in [0.25, 0.3) is 11.8 Å². The Kier molecular flexibility index (Phi) is 3.32. The number of hydrogen-bond donors (Lipinski definition) is 2. The molecule has 0 bridgehead atoms. The van der Waals surface area contributed by atoms with Gasteiger partial charge >= 0.3 is 0 Å². The van der Waals surface area contributed by atoms with Gasteiger partial charge in [-0.1, -0.05) is 0 Å². The highest BCUT2D eigenvalue weighted by molar-refractivity contribution is 6.13. The molecule has 1 aliphatic heterocycles. The lowest BCUT2D eigenvalue weighted by atomic mass is 10.4. The SMILES string of the molecule is NONC(=O)CCN1C(=O)C=CC1=O. The lowest BCUT2D eigenvalue weighted by Crippen LogP contribution is -2.35. The Hall–Kier alpha value is -1.73. The van der Waals surface area contributed by atoms with Crippen molar-refractivity contribution in [2.75, 3.05) is 6.54 Å². The molecule has 1 rings (SSSR count). The van der Waals surface area contributed by atoms with E-state index >= 15 is 0 Å².